The van der Waals surface area contributed by atoms with Crippen molar-refractivity contribution in [1.29, 1.82) is 0 Å². The van der Waals surface area contributed by atoms with Crippen molar-refractivity contribution in [1.82, 2.24) is 19.5 Å². The second-order valence-electron chi connectivity index (χ2n) is 6.30. The van der Waals surface area contributed by atoms with Gasteiger partial charge < -0.3 is 19.1 Å². The molecule has 1 aliphatic carbocycles. The van der Waals surface area contributed by atoms with E-state index in [0.717, 1.165) is 6.42 Å². The maximum atomic E-state index is 9.65. The SMILES string of the molecule is CC1(C)O[C@@H]2C(CO)CC(n3cnc4c(Cl)ncnc43)[C@@H]2O1. The molecule has 8 heteroatoms. The van der Waals surface area contributed by atoms with Crippen LogP contribution in [0.5, 0.6) is 0 Å². The normalized spacial score (nSPS) is 33.5. The Labute approximate surface area is 132 Å². The molecule has 1 N–H and O–H groups in total. The summed E-state index contributed by atoms with van der Waals surface area (Å²) >= 11 is 6.07. The maximum absolute atomic E-state index is 9.65. The van der Waals surface area contributed by atoms with Gasteiger partial charge in [0.25, 0.3) is 0 Å². The van der Waals surface area contributed by atoms with Gasteiger partial charge in [-0.25, -0.2) is 15.0 Å². The van der Waals surface area contributed by atoms with E-state index in [0.29, 0.717) is 16.3 Å². The molecule has 0 amide bonds. The van der Waals surface area contributed by atoms with E-state index in [-0.39, 0.29) is 30.8 Å². The number of fused-ring (bicyclic) bond motifs is 2. The van der Waals surface area contributed by atoms with E-state index in [2.05, 4.69) is 15.0 Å². The quantitative estimate of drug-likeness (QED) is 0.844. The Balaban J connectivity index is 1.77. The summed E-state index contributed by atoms with van der Waals surface area (Å²) in [6, 6.07) is -0.000100. The van der Waals surface area contributed by atoms with Crippen LogP contribution in [0.15, 0.2) is 12.7 Å². The molecule has 1 saturated carbocycles. The summed E-state index contributed by atoms with van der Waals surface area (Å²) in [5, 5.41) is 9.98. The smallest absolute Gasteiger partial charge is 0.165 e. The van der Waals surface area contributed by atoms with E-state index in [9.17, 15) is 5.11 Å². The molecule has 2 aromatic rings. The summed E-state index contributed by atoms with van der Waals surface area (Å²) in [7, 11) is 0. The van der Waals surface area contributed by atoms with Gasteiger partial charge in [-0.05, 0) is 20.3 Å². The van der Waals surface area contributed by atoms with E-state index >= 15 is 0 Å². The number of halogens is 1. The van der Waals surface area contributed by atoms with Gasteiger partial charge in [-0.1, -0.05) is 11.6 Å². The van der Waals surface area contributed by atoms with E-state index in [1.54, 1.807) is 6.33 Å². The van der Waals surface area contributed by atoms with Crippen LogP contribution in [0.1, 0.15) is 26.3 Å². The highest BCUT2D eigenvalue weighted by Gasteiger charge is 2.54. The first-order valence-corrected chi connectivity index (χ1v) is 7.67. The molecular weight excluding hydrogens is 308 g/mol. The molecule has 4 rings (SSSR count). The molecule has 2 fully saturated rings. The van der Waals surface area contributed by atoms with Crippen molar-refractivity contribution in [3.63, 3.8) is 0 Å². The molecule has 1 saturated heterocycles. The Morgan fingerprint density at radius 3 is 2.86 bits per heavy atom. The highest BCUT2D eigenvalue weighted by atomic mass is 35.5. The summed E-state index contributed by atoms with van der Waals surface area (Å²) < 4.78 is 14.0. The van der Waals surface area contributed by atoms with Gasteiger partial charge >= 0.3 is 0 Å². The van der Waals surface area contributed by atoms with Crippen LogP contribution in [-0.2, 0) is 9.47 Å². The van der Waals surface area contributed by atoms with Crippen molar-refractivity contribution in [2.45, 2.75) is 44.3 Å². The number of hydrogen-bond donors (Lipinski definition) is 1. The summed E-state index contributed by atoms with van der Waals surface area (Å²) in [5.74, 6) is -0.615. The molecule has 0 spiro atoms. The number of aliphatic hydroxyl groups is 1. The molecule has 3 heterocycles. The molecule has 0 aromatic carbocycles. The Bertz CT molecular complexity index is 719. The highest BCUT2D eigenvalue weighted by molar-refractivity contribution is 6.33. The lowest BCUT2D eigenvalue weighted by atomic mass is 10.1. The minimum absolute atomic E-state index is 0.000100. The first-order valence-electron chi connectivity index (χ1n) is 7.30. The molecule has 22 heavy (non-hydrogen) atoms. The Morgan fingerprint density at radius 1 is 1.32 bits per heavy atom. The van der Waals surface area contributed by atoms with Crippen molar-refractivity contribution in [2.24, 2.45) is 5.92 Å². The van der Waals surface area contributed by atoms with E-state index in [1.165, 1.54) is 6.33 Å². The minimum Gasteiger partial charge on any atom is -0.396 e. The maximum Gasteiger partial charge on any atom is 0.165 e. The molecule has 118 valence electrons. The first kappa shape index (κ1) is 14.3. The average molecular weight is 325 g/mol. The molecule has 0 radical (unpaired) electrons. The number of nitrogens with zero attached hydrogens (tertiary/aromatic N) is 4. The van der Waals surface area contributed by atoms with Crippen molar-refractivity contribution >= 4 is 22.8 Å². The fourth-order valence-corrected chi connectivity index (χ4v) is 3.75. The summed E-state index contributed by atoms with van der Waals surface area (Å²) in [5.41, 5.74) is 1.25. The van der Waals surface area contributed by atoms with Crippen LogP contribution in [0, 0.1) is 5.92 Å². The number of ether oxygens (including phenoxy) is 2. The molecule has 2 aliphatic rings. The van der Waals surface area contributed by atoms with Crippen molar-refractivity contribution in [2.75, 3.05) is 6.61 Å². The average Bonchev–Trinajstić information content (AvgIpc) is 3.10. The second-order valence-corrected chi connectivity index (χ2v) is 6.66. The van der Waals surface area contributed by atoms with Crippen LogP contribution in [0.2, 0.25) is 5.15 Å². The van der Waals surface area contributed by atoms with Gasteiger partial charge in [-0.2, -0.15) is 0 Å². The third-order valence-electron chi connectivity index (χ3n) is 4.46. The number of aromatic nitrogens is 4. The second kappa shape index (κ2) is 4.86. The zero-order chi connectivity index (χ0) is 15.5. The lowest BCUT2D eigenvalue weighted by molar-refractivity contribution is -0.161. The fourth-order valence-electron chi connectivity index (χ4n) is 3.57. The van der Waals surface area contributed by atoms with Crippen LogP contribution < -0.4 is 0 Å². The standard InChI is InChI=1S/C14H17ClN4O3/c1-14(2)21-10-7(4-20)3-8(11(10)22-14)19-6-18-9-12(15)16-5-17-13(9)19/h5-8,10-11,20H,3-4H2,1-2H3/t7?,8?,10-,11+/m1/s1. The van der Waals surface area contributed by atoms with Crippen LogP contribution >= 0.6 is 11.6 Å². The largest absolute Gasteiger partial charge is 0.396 e. The molecule has 0 bridgehead atoms. The zero-order valence-corrected chi connectivity index (χ0v) is 13.1. The third-order valence-corrected chi connectivity index (χ3v) is 4.73. The molecule has 4 atom stereocenters. The number of rotatable bonds is 2. The zero-order valence-electron chi connectivity index (χ0n) is 12.3. The fraction of sp³-hybridized carbons (Fsp3) is 0.643. The van der Waals surface area contributed by atoms with Crippen LogP contribution in [0.25, 0.3) is 11.2 Å². The van der Waals surface area contributed by atoms with Crippen LogP contribution in [0.4, 0.5) is 0 Å². The highest BCUT2D eigenvalue weighted by Crippen LogP contribution is 2.47. The van der Waals surface area contributed by atoms with Gasteiger partial charge in [0.15, 0.2) is 16.6 Å². The lowest BCUT2D eigenvalue weighted by Crippen LogP contribution is -2.27. The lowest BCUT2D eigenvalue weighted by Gasteiger charge is -2.23. The van der Waals surface area contributed by atoms with Gasteiger partial charge in [-0.3, -0.25) is 0 Å². The number of imidazole rings is 1. The minimum atomic E-state index is -0.648. The first-order chi connectivity index (χ1) is 10.5. The molecular formula is C14H17ClN4O3. The molecule has 7 nitrogen and oxygen atoms in total. The van der Waals surface area contributed by atoms with Crippen LogP contribution in [0.3, 0.4) is 0 Å². The molecule has 2 unspecified atom stereocenters. The number of aliphatic hydroxyl groups excluding tert-OH is 1. The van der Waals surface area contributed by atoms with E-state index in [4.69, 9.17) is 21.1 Å². The van der Waals surface area contributed by atoms with Crippen molar-refractivity contribution in [3.05, 3.63) is 17.8 Å². The van der Waals surface area contributed by atoms with E-state index in [1.807, 2.05) is 18.4 Å². The topological polar surface area (TPSA) is 82.3 Å². The predicted octanol–water partition coefficient (Wildman–Crippen LogP) is 1.55. The van der Waals surface area contributed by atoms with Gasteiger partial charge in [0.05, 0.1) is 18.5 Å². The predicted molar refractivity (Wildman–Crippen MR) is 78.4 cm³/mol. The van der Waals surface area contributed by atoms with Gasteiger partial charge in [0, 0.05) is 12.5 Å². The number of hydrogen-bond acceptors (Lipinski definition) is 6. The molecule has 1 aliphatic heterocycles. The monoisotopic (exact) mass is 324 g/mol. The Kier molecular flexibility index (Phi) is 3.16. The molecule has 2 aromatic heterocycles. The third kappa shape index (κ3) is 2.04. The summed E-state index contributed by atoms with van der Waals surface area (Å²) in [6.45, 7) is 3.85. The Hall–Kier alpha value is -1.28. The van der Waals surface area contributed by atoms with Gasteiger partial charge in [-0.15, -0.1) is 0 Å². The van der Waals surface area contributed by atoms with Crippen molar-refractivity contribution < 1.29 is 14.6 Å². The van der Waals surface area contributed by atoms with Gasteiger partial charge in [0.1, 0.15) is 17.9 Å². The summed E-state index contributed by atoms with van der Waals surface area (Å²) in [4.78, 5) is 12.6. The van der Waals surface area contributed by atoms with Crippen molar-refractivity contribution in [3.8, 4) is 0 Å². The van der Waals surface area contributed by atoms with E-state index < -0.39 is 5.79 Å². The Morgan fingerprint density at radius 2 is 2.09 bits per heavy atom. The van der Waals surface area contributed by atoms with Gasteiger partial charge in [0.2, 0.25) is 0 Å². The van der Waals surface area contributed by atoms with Crippen LogP contribution in [-0.4, -0.2) is 49.2 Å². The summed E-state index contributed by atoms with van der Waals surface area (Å²) in [6.07, 6.45) is 3.61.